The van der Waals surface area contributed by atoms with Gasteiger partial charge < -0.3 is 10.1 Å². The maximum absolute atomic E-state index is 12.6. The van der Waals surface area contributed by atoms with Gasteiger partial charge in [-0.25, -0.2) is 9.69 Å². The number of ether oxygens (including phenoxy) is 1. The summed E-state index contributed by atoms with van der Waals surface area (Å²) < 4.78 is 5.02. The van der Waals surface area contributed by atoms with Crippen LogP contribution in [0.1, 0.15) is 31.1 Å². The third kappa shape index (κ3) is 4.21. The SMILES string of the molecule is O=C(COC(=O)c1ccc(N2C(=O)c3ccccc3C2=O)cc1)Nc1cc(Cl)ccc1Cl. The summed E-state index contributed by atoms with van der Waals surface area (Å²) in [6, 6.07) is 16.9. The third-order valence-electron chi connectivity index (χ3n) is 4.69. The summed E-state index contributed by atoms with van der Waals surface area (Å²) >= 11 is 11.9. The minimum atomic E-state index is -0.744. The standard InChI is InChI=1S/C23H14Cl2N2O5/c24-14-7-10-18(25)19(11-14)26-20(28)12-32-23(31)13-5-8-15(9-6-13)27-21(29)16-3-1-2-4-17(16)22(27)30/h1-11H,12H2,(H,26,28). The van der Waals surface area contributed by atoms with Crippen molar-refractivity contribution >= 4 is 58.3 Å². The topological polar surface area (TPSA) is 92.8 Å². The van der Waals surface area contributed by atoms with Crippen molar-refractivity contribution in [1.29, 1.82) is 0 Å². The predicted octanol–water partition coefficient (Wildman–Crippen LogP) is 4.59. The Balaban J connectivity index is 1.39. The van der Waals surface area contributed by atoms with Gasteiger partial charge in [-0.05, 0) is 54.6 Å². The fourth-order valence-electron chi connectivity index (χ4n) is 3.16. The van der Waals surface area contributed by atoms with Crippen molar-refractivity contribution in [3.05, 3.63) is 93.5 Å². The Morgan fingerprint density at radius 2 is 1.50 bits per heavy atom. The first-order valence-electron chi connectivity index (χ1n) is 9.35. The van der Waals surface area contributed by atoms with Crippen LogP contribution >= 0.6 is 23.2 Å². The van der Waals surface area contributed by atoms with E-state index in [2.05, 4.69) is 5.32 Å². The molecule has 0 unspecified atom stereocenters. The molecule has 3 amide bonds. The number of halogens is 2. The molecule has 160 valence electrons. The quantitative estimate of drug-likeness (QED) is 0.436. The molecule has 0 aromatic heterocycles. The largest absolute Gasteiger partial charge is 0.452 e. The molecule has 1 aliphatic rings. The van der Waals surface area contributed by atoms with Crippen LogP contribution in [0.3, 0.4) is 0 Å². The number of carbonyl (C=O) groups excluding carboxylic acids is 4. The average molecular weight is 469 g/mol. The van der Waals surface area contributed by atoms with Gasteiger partial charge >= 0.3 is 5.97 Å². The van der Waals surface area contributed by atoms with Crippen molar-refractivity contribution < 1.29 is 23.9 Å². The molecule has 0 bridgehead atoms. The predicted molar refractivity (Wildman–Crippen MR) is 119 cm³/mol. The van der Waals surface area contributed by atoms with Gasteiger partial charge in [-0.1, -0.05) is 35.3 Å². The fourth-order valence-corrected chi connectivity index (χ4v) is 3.50. The second-order valence-corrected chi connectivity index (χ2v) is 7.63. The van der Waals surface area contributed by atoms with E-state index in [1.165, 1.54) is 36.4 Å². The molecule has 0 atom stereocenters. The van der Waals surface area contributed by atoms with Crippen molar-refractivity contribution in [2.75, 3.05) is 16.8 Å². The van der Waals surface area contributed by atoms with Crippen LogP contribution in [0.5, 0.6) is 0 Å². The number of nitrogens with one attached hydrogen (secondary N) is 1. The average Bonchev–Trinajstić information content (AvgIpc) is 3.05. The van der Waals surface area contributed by atoms with E-state index in [4.69, 9.17) is 27.9 Å². The molecule has 7 nitrogen and oxygen atoms in total. The molecule has 0 saturated heterocycles. The van der Waals surface area contributed by atoms with Gasteiger partial charge in [-0.2, -0.15) is 0 Å². The van der Waals surface area contributed by atoms with E-state index in [1.807, 2.05) is 0 Å². The first kappa shape index (κ1) is 21.5. The van der Waals surface area contributed by atoms with Crippen LogP contribution in [0.25, 0.3) is 0 Å². The van der Waals surface area contributed by atoms with E-state index in [-0.39, 0.29) is 10.6 Å². The first-order chi connectivity index (χ1) is 15.3. The number of carbonyl (C=O) groups is 4. The molecule has 0 fully saturated rings. The number of esters is 1. The number of fused-ring (bicyclic) bond motifs is 1. The zero-order valence-corrected chi connectivity index (χ0v) is 17.8. The number of hydrogen-bond donors (Lipinski definition) is 1. The summed E-state index contributed by atoms with van der Waals surface area (Å²) in [6.45, 7) is -0.540. The summed E-state index contributed by atoms with van der Waals surface area (Å²) in [5, 5.41) is 3.19. The lowest BCUT2D eigenvalue weighted by Crippen LogP contribution is -2.29. The molecular weight excluding hydrogens is 455 g/mol. The van der Waals surface area contributed by atoms with Crippen LogP contribution in [0.15, 0.2) is 66.7 Å². The lowest BCUT2D eigenvalue weighted by Gasteiger charge is -2.14. The minimum Gasteiger partial charge on any atom is -0.452 e. The molecule has 1 N–H and O–H groups in total. The van der Waals surface area contributed by atoms with Crippen LogP contribution in [-0.4, -0.2) is 30.3 Å². The van der Waals surface area contributed by atoms with E-state index < -0.39 is 30.3 Å². The number of rotatable bonds is 5. The Kier molecular flexibility index (Phi) is 5.94. The molecule has 0 saturated carbocycles. The minimum absolute atomic E-state index is 0.152. The Bertz CT molecular complexity index is 1220. The van der Waals surface area contributed by atoms with Crippen molar-refractivity contribution in [2.24, 2.45) is 0 Å². The molecule has 0 spiro atoms. The van der Waals surface area contributed by atoms with Crippen molar-refractivity contribution in [1.82, 2.24) is 0 Å². The molecule has 1 heterocycles. The first-order valence-corrected chi connectivity index (χ1v) is 10.1. The molecule has 9 heteroatoms. The van der Waals surface area contributed by atoms with Crippen molar-refractivity contribution in [3.8, 4) is 0 Å². The monoisotopic (exact) mass is 468 g/mol. The van der Waals surface area contributed by atoms with Gasteiger partial charge in [0.15, 0.2) is 6.61 Å². The molecule has 0 aliphatic carbocycles. The Hall–Kier alpha value is -3.68. The summed E-state index contributed by atoms with van der Waals surface area (Å²) in [5.41, 5.74) is 1.42. The van der Waals surface area contributed by atoms with E-state index >= 15 is 0 Å². The van der Waals surface area contributed by atoms with Gasteiger partial charge in [0, 0.05) is 5.02 Å². The van der Waals surface area contributed by atoms with E-state index in [0.717, 1.165) is 4.90 Å². The van der Waals surface area contributed by atoms with E-state index in [9.17, 15) is 19.2 Å². The molecular formula is C23H14Cl2N2O5. The fraction of sp³-hybridized carbons (Fsp3) is 0.0435. The van der Waals surface area contributed by atoms with Crippen molar-refractivity contribution in [2.45, 2.75) is 0 Å². The van der Waals surface area contributed by atoms with Gasteiger partial charge in [-0.3, -0.25) is 14.4 Å². The summed E-state index contributed by atoms with van der Waals surface area (Å²) in [5.74, 6) is -2.20. The summed E-state index contributed by atoms with van der Waals surface area (Å²) in [4.78, 5) is 50.5. The number of amides is 3. The number of hydrogen-bond acceptors (Lipinski definition) is 5. The van der Waals surface area contributed by atoms with Crippen LogP contribution < -0.4 is 10.2 Å². The maximum Gasteiger partial charge on any atom is 0.338 e. The molecule has 3 aromatic rings. The highest BCUT2D eigenvalue weighted by molar-refractivity contribution is 6.36. The molecule has 0 radical (unpaired) electrons. The van der Waals surface area contributed by atoms with E-state index in [1.54, 1.807) is 30.3 Å². The Morgan fingerprint density at radius 1 is 0.875 bits per heavy atom. The summed E-state index contributed by atoms with van der Waals surface area (Å²) in [6.07, 6.45) is 0. The Labute approximate surface area is 192 Å². The number of nitrogens with zero attached hydrogens (tertiary/aromatic N) is 1. The lowest BCUT2D eigenvalue weighted by atomic mass is 10.1. The highest BCUT2D eigenvalue weighted by Crippen LogP contribution is 2.28. The molecule has 3 aromatic carbocycles. The van der Waals surface area contributed by atoms with Crippen molar-refractivity contribution in [3.63, 3.8) is 0 Å². The summed E-state index contributed by atoms with van der Waals surface area (Å²) in [7, 11) is 0. The number of anilines is 2. The smallest absolute Gasteiger partial charge is 0.338 e. The van der Waals surface area contributed by atoms with E-state index in [0.29, 0.717) is 27.5 Å². The highest BCUT2D eigenvalue weighted by atomic mass is 35.5. The van der Waals surface area contributed by atoms with Gasteiger partial charge in [0.2, 0.25) is 0 Å². The van der Waals surface area contributed by atoms with Gasteiger partial charge in [0.05, 0.1) is 33.1 Å². The molecule has 1 aliphatic heterocycles. The van der Waals surface area contributed by atoms with Gasteiger partial charge in [0.25, 0.3) is 17.7 Å². The number of imide groups is 1. The van der Waals surface area contributed by atoms with Crippen LogP contribution in [0, 0.1) is 0 Å². The van der Waals surface area contributed by atoms with Crippen LogP contribution in [0.4, 0.5) is 11.4 Å². The zero-order chi connectivity index (χ0) is 22.8. The molecule has 32 heavy (non-hydrogen) atoms. The third-order valence-corrected chi connectivity index (χ3v) is 5.26. The second kappa shape index (κ2) is 8.82. The van der Waals surface area contributed by atoms with Crippen LogP contribution in [-0.2, 0) is 9.53 Å². The maximum atomic E-state index is 12.6. The second-order valence-electron chi connectivity index (χ2n) is 6.79. The lowest BCUT2D eigenvalue weighted by molar-refractivity contribution is -0.119. The zero-order valence-electron chi connectivity index (χ0n) is 16.3. The van der Waals surface area contributed by atoms with Crippen LogP contribution in [0.2, 0.25) is 10.0 Å². The molecule has 4 rings (SSSR count). The number of benzene rings is 3. The Morgan fingerprint density at radius 3 is 2.12 bits per heavy atom. The normalized spacial score (nSPS) is 12.5. The van der Waals surface area contributed by atoms with Gasteiger partial charge in [0.1, 0.15) is 0 Å². The van der Waals surface area contributed by atoms with Gasteiger partial charge in [-0.15, -0.1) is 0 Å². The highest BCUT2D eigenvalue weighted by Gasteiger charge is 2.36.